The summed E-state index contributed by atoms with van der Waals surface area (Å²) in [5.41, 5.74) is -0.964. The summed E-state index contributed by atoms with van der Waals surface area (Å²) >= 11 is 1.21. The van der Waals surface area contributed by atoms with Gasteiger partial charge in [0.2, 0.25) is 11.8 Å². The Balaban J connectivity index is 1.83. The fraction of sp³-hybridized carbons (Fsp3) is 0.588. The van der Waals surface area contributed by atoms with E-state index in [1.54, 1.807) is 17.2 Å². The second-order valence-corrected chi connectivity index (χ2v) is 8.00. The van der Waals surface area contributed by atoms with Crippen molar-refractivity contribution in [2.24, 2.45) is 0 Å². The van der Waals surface area contributed by atoms with Crippen LogP contribution in [0.4, 0.5) is 29.3 Å². The number of hydrogen-bond donors (Lipinski definition) is 0. The van der Waals surface area contributed by atoms with Gasteiger partial charge < -0.3 is 14.5 Å². The quantitative estimate of drug-likeness (QED) is 0.693. The Bertz CT molecular complexity index is 933. The van der Waals surface area contributed by atoms with Crippen LogP contribution in [-0.2, 0) is 17.8 Å². The molecule has 0 radical (unpaired) electrons. The van der Waals surface area contributed by atoms with Crippen molar-refractivity contribution in [1.29, 1.82) is 0 Å². The van der Waals surface area contributed by atoms with Crippen molar-refractivity contribution in [2.75, 3.05) is 29.6 Å². The van der Waals surface area contributed by atoms with Gasteiger partial charge in [-0.25, -0.2) is 4.98 Å². The maximum atomic E-state index is 14.9. The van der Waals surface area contributed by atoms with E-state index in [1.807, 2.05) is 0 Å². The molecule has 0 saturated carbocycles. The van der Waals surface area contributed by atoms with Gasteiger partial charge in [-0.2, -0.15) is 22.5 Å². The summed E-state index contributed by atoms with van der Waals surface area (Å²) in [5, 5.41) is 2.11. The lowest BCUT2D eigenvalue weighted by Crippen LogP contribution is -2.53. The van der Waals surface area contributed by atoms with E-state index in [-0.39, 0.29) is 37.3 Å². The van der Waals surface area contributed by atoms with Crippen LogP contribution in [0, 0.1) is 5.82 Å². The fourth-order valence-corrected chi connectivity index (χ4v) is 4.32. The first kappa shape index (κ1) is 20.1. The summed E-state index contributed by atoms with van der Waals surface area (Å²) in [6.07, 6.45) is -3.39. The van der Waals surface area contributed by atoms with Gasteiger partial charge in [0.05, 0.1) is 25.8 Å². The summed E-state index contributed by atoms with van der Waals surface area (Å²) in [7, 11) is 0. The Labute approximate surface area is 167 Å². The molecule has 2 aliphatic heterocycles. The molecule has 1 saturated heterocycles. The number of ether oxygens (including phenoxy) is 1. The van der Waals surface area contributed by atoms with Gasteiger partial charge in [-0.05, 0) is 13.3 Å². The molecule has 2 aromatic heterocycles. The average molecular weight is 433 g/mol. The second kappa shape index (κ2) is 7.56. The predicted molar refractivity (Wildman–Crippen MR) is 98.8 cm³/mol. The lowest BCUT2D eigenvalue weighted by Gasteiger charge is -2.40. The van der Waals surface area contributed by atoms with Gasteiger partial charge in [0.15, 0.2) is 5.82 Å². The van der Waals surface area contributed by atoms with Gasteiger partial charge in [-0.1, -0.05) is 0 Å². The van der Waals surface area contributed by atoms with Crippen molar-refractivity contribution in [2.45, 2.75) is 44.7 Å². The van der Waals surface area contributed by atoms with Gasteiger partial charge in [0.1, 0.15) is 11.0 Å². The van der Waals surface area contributed by atoms with E-state index >= 15 is 0 Å². The molecule has 7 nitrogen and oxygen atoms in total. The molecule has 0 N–H and O–H groups in total. The first-order valence-electron chi connectivity index (χ1n) is 9.14. The highest BCUT2D eigenvalue weighted by Gasteiger charge is 2.47. The van der Waals surface area contributed by atoms with Gasteiger partial charge >= 0.3 is 6.18 Å². The summed E-state index contributed by atoms with van der Waals surface area (Å²) < 4.78 is 62.4. The van der Waals surface area contributed by atoms with Crippen LogP contribution in [0.25, 0.3) is 0 Å². The number of morpholine rings is 1. The van der Waals surface area contributed by atoms with Crippen LogP contribution in [0.1, 0.15) is 18.4 Å². The van der Waals surface area contributed by atoms with E-state index in [4.69, 9.17) is 4.74 Å². The number of aromatic nitrogens is 3. The SMILES string of the molecule is C[C@@H]1COCCN1c1nc2n(c(=O)c1F)CC[C@@H](C(F)(F)F)N2Cc1nccs1. The zero-order valence-corrected chi connectivity index (χ0v) is 16.3. The molecule has 158 valence electrons. The van der Waals surface area contributed by atoms with Gasteiger partial charge in [-0.3, -0.25) is 9.36 Å². The number of nitrogens with zero attached hydrogens (tertiary/aromatic N) is 5. The zero-order valence-electron chi connectivity index (χ0n) is 15.5. The Morgan fingerprint density at radius 1 is 1.34 bits per heavy atom. The highest BCUT2D eigenvalue weighted by molar-refractivity contribution is 7.09. The largest absolute Gasteiger partial charge is 0.408 e. The van der Waals surface area contributed by atoms with Crippen molar-refractivity contribution in [1.82, 2.24) is 14.5 Å². The minimum absolute atomic E-state index is 0.169. The molecule has 0 aromatic carbocycles. The Hall–Kier alpha value is -2.21. The van der Waals surface area contributed by atoms with Crippen LogP contribution in [-0.4, -0.2) is 52.6 Å². The summed E-state index contributed by atoms with van der Waals surface area (Å²) in [6.45, 7) is 2.28. The van der Waals surface area contributed by atoms with Crippen LogP contribution >= 0.6 is 11.3 Å². The Morgan fingerprint density at radius 2 is 2.14 bits per heavy atom. The lowest BCUT2D eigenvalue weighted by molar-refractivity contribution is -0.153. The number of thiazole rings is 1. The molecule has 1 fully saturated rings. The molecule has 2 aliphatic rings. The number of rotatable bonds is 3. The van der Waals surface area contributed by atoms with Crippen LogP contribution in [0.2, 0.25) is 0 Å². The van der Waals surface area contributed by atoms with Crippen molar-refractivity contribution in [3.05, 3.63) is 32.8 Å². The first-order valence-corrected chi connectivity index (χ1v) is 10.0. The van der Waals surface area contributed by atoms with Crippen molar-refractivity contribution >= 4 is 23.1 Å². The summed E-state index contributed by atoms with van der Waals surface area (Å²) in [5.74, 6) is -1.47. The van der Waals surface area contributed by atoms with Crippen LogP contribution < -0.4 is 15.4 Å². The topological polar surface area (TPSA) is 63.5 Å². The fourth-order valence-electron chi connectivity index (χ4n) is 3.71. The Kier molecular flexibility index (Phi) is 5.23. The van der Waals surface area contributed by atoms with E-state index < -0.39 is 23.6 Å². The number of fused-ring (bicyclic) bond motifs is 1. The number of hydrogen-bond acceptors (Lipinski definition) is 7. The van der Waals surface area contributed by atoms with Crippen LogP contribution in [0.5, 0.6) is 0 Å². The molecule has 4 heterocycles. The molecule has 0 aliphatic carbocycles. The van der Waals surface area contributed by atoms with Crippen molar-refractivity contribution in [3.63, 3.8) is 0 Å². The molecule has 0 amide bonds. The third kappa shape index (κ3) is 3.70. The smallest absolute Gasteiger partial charge is 0.377 e. The van der Waals surface area contributed by atoms with Crippen molar-refractivity contribution in [3.8, 4) is 0 Å². The maximum absolute atomic E-state index is 14.9. The molecule has 29 heavy (non-hydrogen) atoms. The van der Waals surface area contributed by atoms with E-state index in [2.05, 4.69) is 9.97 Å². The molecule has 2 atom stereocenters. The predicted octanol–water partition coefficient (Wildman–Crippen LogP) is 2.41. The molecular formula is C17H19F4N5O2S. The highest BCUT2D eigenvalue weighted by Crippen LogP contribution is 2.36. The van der Waals surface area contributed by atoms with E-state index in [0.29, 0.717) is 24.8 Å². The van der Waals surface area contributed by atoms with E-state index in [1.165, 1.54) is 17.5 Å². The molecule has 0 bridgehead atoms. The number of halogens is 4. The molecular weight excluding hydrogens is 414 g/mol. The molecule has 0 spiro atoms. The maximum Gasteiger partial charge on any atom is 0.408 e. The zero-order chi connectivity index (χ0) is 20.8. The van der Waals surface area contributed by atoms with E-state index in [0.717, 1.165) is 9.47 Å². The highest BCUT2D eigenvalue weighted by atomic mass is 32.1. The summed E-state index contributed by atoms with van der Waals surface area (Å²) in [4.78, 5) is 23.5. The number of anilines is 2. The molecule has 4 rings (SSSR count). The van der Waals surface area contributed by atoms with Gasteiger partial charge in [-0.15, -0.1) is 11.3 Å². The minimum Gasteiger partial charge on any atom is -0.377 e. The summed E-state index contributed by atoms with van der Waals surface area (Å²) in [6, 6.07) is -2.10. The third-order valence-electron chi connectivity index (χ3n) is 5.14. The molecule has 2 aromatic rings. The normalized spacial score (nSPS) is 22.7. The number of alkyl halides is 3. The minimum atomic E-state index is -4.53. The van der Waals surface area contributed by atoms with Crippen molar-refractivity contribution < 1.29 is 22.3 Å². The van der Waals surface area contributed by atoms with Gasteiger partial charge in [0, 0.05) is 24.7 Å². The van der Waals surface area contributed by atoms with E-state index in [9.17, 15) is 22.4 Å². The standard InChI is InChI=1S/C17H19F4N5O2S/c1-10-9-28-6-5-24(10)14-13(18)15(27)25-4-2-11(17(19,20)21)26(16(25)23-14)8-12-22-3-7-29-12/h3,7,10-11H,2,4-6,8-9H2,1H3/t10-,11+/m1/s1. The van der Waals surface area contributed by atoms with Crippen LogP contribution in [0.3, 0.4) is 0 Å². The second-order valence-electron chi connectivity index (χ2n) is 7.02. The third-order valence-corrected chi connectivity index (χ3v) is 5.91. The lowest BCUT2D eigenvalue weighted by atomic mass is 10.1. The van der Waals surface area contributed by atoms with Gasteiger partial charge in [0.25, 0.3) is 5.56 Å². The monoisotopic (exact) mass is 433 g/mol. The molecule has 12 heteroatoms. The Morgan fingerprint density at radius 3 is 2.79 bits per heavy atom. The first-order chi connectivity index (χ1) is 13.8. The average Bonchev–Trinajstić information content (AvgIpc) is 3.18. The molecule has 0 unspecified atom stereocenters. The van der Waals surface area contributed by atoms with Crippen LogP contribution in [0.15, 0.2) is 16.4 Å².